The summed E-state index contributed by atoms with van der Waals surface area (Å²) < 4.78 is 5.57. The van der Waals surface area contributed by atoms with Crippen molar-refractivity contribution in [2.24, 2.45) is 0 Å². The molecule has 0 unspecified atom stereocenters. The number of carbonyl (C=O) groups is 2. The predicted octanol–water partition coefficient (Wildman–Crippen LogP) is 1.60. The topological polar surface area (TPSA) is 143 Å². The molecule has 0 fully saturated rings. The van der Waals surface area contributed by atoms with Crippen molar-refractivity contribution >= 4 is 29.6 Å². The molecule has 1 heterocycles. The van der Waals surface area contributed by atoms with Crippen LogP contribution >= 0.6 is 11.8 Å². The Morgan fingerprint density at radius 2 is 2.04 bits per heavy atom. The van der Waals surface area contributed by atoms with Crippen LogP contribution in [0.15, 0.2) is 29.4 Å². The van der Waals surface area contributed by atoms with Crippen LogP contribution in [0.1, 0.15) is 31.9 Å². The minimum atomic E-state index is -1.01. The third kappa shape index (κ3) is 6.28. The van der Waals surface area contributed by atoms with E-state index in [1.165, 1.54) is 0 Å². The van der Waals surface area contributed by atoms with Gasteiger partial charge < -0.3 is 20.9 Å². The Balaban J connectivity index is 1.99. The first-order chi connectivity index (χ1) is 12.3. The van der Waals surface area contributed by atoms with E-state index < -0.39 is 12.0 Å². The quantitative estimate of drug-likeness (QED) is 0.481. The Bertz CT molecular complexity index is 747. The highest BCUT2D eigenvalue weighted by Crippen LogP contribution is 2.22. The summed E-state index contributed by atoms with van der Waals surface area (Å²) in [5.74, 6) is -0.441. The standard InChI is InChI=1S/C16H21N5O4S/c1-9(2)25-11-5-3-10(4-6-11)12(7-14(23)24)18-13(22)8-26-16-19-15(17)20-21-16/h3-6,9,12H,7-8H2,1-2H3,(H,18,22)(H,23,24)(H3,17,19,20,21)/t12-/m0/s1. The van der Waals surface area contributed by atoms with E-state index in [4.69, 9.17) is 15.6 Å². The van der Waals surface area contributed by atoms with E-state index in [-0.39, 0.29) is 30.1 Å². The van der Waals surface area contributed by atoms with E-state index in [1.54, 1.807) is 24.3 Å². The van der Waals surface area contributed by atoms with Crippen LogP contribution in [0.2, 0.25) is 0 Å². The number of nitrogens with zero attached hydrogens (tertiary/aromatic N) is 2. The number of H-pyrrole nitrogens is 1. The largest absolute Gasteiger partial charge is 0.491 e. The summed E-state index contributed by atoms with van der Waals surface area (Å²) in [5.41, 5.74) is 6.10. The Morgan fingerprint density at radius 1 is 1.35 bits per heavy atom. The van der Waals surface area contributed by atoms with E-state index in [0.29, 0.717) is 16.5 Å². The van der Waals surface area contributed by atoms with Gasteiger partial charge in [0.05, 0.1) is 24.3 Å². The molecule has 140 valence electrons. The van der Waals surface area contributed by atoms with Crippen molar-refractivity contribution in [3.63, 3.8) is 0 Å². The van der Waals surface area contributed by atoms with Crippen LogP contribution in [-0.4, -0.2) is 44.0 Å². The van der Waals surface area contributed by atoms with E-state index >= 15 is 0 Å². The predicted molar refractivity (Wildman–Crippen MR) is 96.9 cm³/mol. The fourth-order valence-electron chi connectivity index (χ4n) is 2.17. The number of rotatable bonds is 9. The van der Waals surface area contributed by atoms with E-state index in [0.717, 1.165) is 11.8 Å². The van der Waals surface area contributed by atoms with Crippen molar-refractivity contribution in [3.8, 4) is 5.75 Å². The highest BCUT2D eigenvalue weighted by molar-refractivity contribution is 7.99. The first kappa shape index (κ1) is 19.6. The van der Waals surface area contributed by atoms with Gasteiger partial charge in [-0.3, -0.25) is 9.59 Å². The summed E-state index contributed by atoms with van der Waals surface area (Å²) in [6.45, 7) is 3.84. The van der Waals surface area contributed by atoms with Crippen molar-refractivity contribution in [2.45, 2.75) is 37.6 Å². The zero-order chi connectivity index (χ0) is 19.1. The maximum atomic E-state index is 12.2. The molecule has 0 aliphatic carbocycles. The molecule has 26 heavy (non-hydrogen) atoms. The fraction of sp³-hybridized carbons (Fsp3) is 0.375. The number of amides is 1. The van der Waals surface area contributed by atoms with Crippen molar-refractivity contribution in [3.05, 3.63) is 29.8 Å². The van der Waals surface area contributed by atoms with Crippen molar-refractivity contribution in [2.75, 3.05) is 11.5 Å². The van der Waals surface area contributed by atoms with E-state index in [9.17, 15) is 9.59 Å². The zero-order valence-corrected chi connectivity index (χ0v) is 15.2. The molecular weight excluding hydrogens is 358 g/mol. The molecule has 0 aliphatic heterocycles. The molecule has 1 aromatic heterocycles. The number of aliphatic carboxylic acids is 1. The second-order valence-electron chi connectivity index (χ2n) is 5.75. The first-order valence-electron chi connectivity index (χ1n) is 7.92. The SMILES string of the molecule is CC(C)Oc1ccc([C@H](CC(=O)O)NC(=O)CSc2n[nH]c(N)n2)cc1. The van der Waals surface area contributed by atoms with E-state index in [1.807, 2.05) is 13.8 Å². The summed E-state index contributed by atoms with van der Waals surface area (Å²) in [4.78, 5) is 27.2. The summed E-state index contributed by atoms with van der Waals surface area (Å²) in [6, 6.07) is 6.35. The number of carboxylic acids is 1. The van der Waals surface area contributed by atoms with Gasteiger partial charge in [0.15, 0.2) is 0 Å². The first-order valence-corrected chi connectivity index (χ1v) is 8.90. The number of benzene rings is 1. The lowest BCUT2D eigenvalue weighted by Gasteiger charge is -2.18. The average molecular weight is 379 g/mol. The number of aromatic nitrogens is 3. The highest BCUT2D eigenvalue weighted by Gasteiger charge is 2.19. The summed E-state index contributed by atoms with van der Waals surface area (Å²) in [6.07, 6.45) is -0.189. The van der Waals surface area contributed by atoms with Crippen molar-refractivity contribution in [1.29, 1.82) is 0 Å². The third-order valence-electron chi connectivity index (χ3n) is 3.18. The molecule has 9 nitrogen and oxygen atoms in total. The maximum absolute atomic E-state index is 12.2. The lowest BCUT2D eigenvalue weighted by Crippen LogP contribution is -2.31. The second-order valence-corrected chi connectivity index (χ2v) is 6.69. The summed E-state index contributed by atoms with van der Waals surface area (Å²) >= 11 is 1.10. The van der Waals surface area contributed by atoms with Gasteiger partial charge in [-0.05, 0) is 31.5 Å². The molecule has 0 radical (unpaired) electrons. The van der Waals surface area contributed by atoms with Gasteiger partial charge in [-0.15, -0.1) is 5.10 Å². The van der Waals surface area contributed by atoms with Crippen LogP contribution in [0.5, 0.6) is 5.75 Å². The molecule has 2 rings (SSSR count). The van der Waals surface area contributed by atoms with Gasteiger partial charge in [0, 0.05) is 0 Å². The molecule has 1 atom stereocenters. The smallest absolute Gasteiger partial charge is 0.305 e. The Kier molecular flexibility index (Phi) is 6.84. The van der Waals surface area contributed by atoms with Gasteiger partial charge in [-0.25, -0.2) is 5.10 Å². The zero-order valence-electron chi connectivity index (χ0n) is 14.4. The lowest BCUT2D eigenvalue weighted by molar-refractivity contribution is -0.137. The van der Waals surface area contributed by atoms with Gasteiger partial charge in [0.2, 0.25) is 17.0 Å². The maximum Gasteiger partial charge on any atom is 0.305 e. The van der Waals surface area contributed by atoms with E-state index in [2.05, 4.69) is 20.5 Å². The number of anilines is 1. The number of aromatic amines is 1. The average Bonchev–Trinajstić information content (AvgIpc) is 2.97. The Hall–Kier alpha value is -2.75. The van der Waals surface area contributed by atoms with Gasteiger partial charge >= 0.3 is 5.97 Å². The molecule has 2 aromatic rings. The molecule has 0 spiro atoms. The normalized spacial score (nSPS) is 12.0. The molecule has 0 saturated heterocycles. The molecule has 10 heteroatoms. The van der Waals surface area contributed by atoms with Crippen LogP contribution in [0.4, 0.5) is 5.95 Å². The third-order valence-corrected chi connectivity index (χ3v) is 4.03. The van der Waals surface area contributed by atoms with Crippen LogP contribution in [0.25, 0.3) is 0 Å². The molecular formula is C16H21N5O4S. The minimum absolute atomic E-state index is 0.0390. The Morgan fingerprint density at radius 3 is 2.58 bits per heavy atom. The van der Waals surface area contributed by atoms with Crippen molar-refractivity contribution < 1.29 is 19.4 Å². The number of nitrogen functional groups attached to an aromatic ring is 1. The number of thioether (sulfide) groups is 1. The number of hydrogen-bond acceptors (Lipinski definition) is 7. The number of nitrogens with two attached hydrogens (primary N) is 1. The minimum Gasteiger partial charge on any atom is -0.491 e. The summed E-state index contributed by atoms with van der Waals surface area (Å²) in [5, 5.41) is 18.5. The lowest BCUT2D eigenvalue weighted by atomic mass is 10.0. The molecule has 1 amide bonds. The number of ether oxygens (including phenoxy) is 1. The molecule has 0 aliphatic rings. The summed E-state index contributed by atoms with van der Waals surface area (Å²) in [7, 11) is 0. The van der Waals surface area contributed by atoms with Crippen LogP contribution in [0.3, 0.4) is 0 Å². The van der Waals surface area contributed by atoms with Gasteiger partial charge in [-0.1, -0.05) is 23.9 Å². The highest BCUT2D eigenvalue weighted by atomic mass is 32.2. The monoisotopic (exact) mass is 379 g/mol. The van der Waals surface area contributed by atoms with Crippen LogP contribution < -0.4 is 15.8 Å². The van der Waals surface area contributed by atoms with Crippen molar-refractivity contribution in [1.82, 2.24) is 20.5 Å². The number of nitrogens with one attached hydrogen (secondary N) is 2. The van der Waals surface area contributed by atoms with Gasteiger partial charge in [0.25, 0.3) is 0 Å². The molecule has 1 aromatic carbocycles. The number of hydrogen-bond donors (Lipinski definition) is 4. The molecule has 5 N–H and O–H groups in total. The van der Waals surface area contributed by atoms with Gasteiger partial charge in [0.1, 0.15) is 5.75 Å². The fourth-order valence-corrected chi connectivity index (χ4v) is 2.78. The van der Waals surface area contributed by atoms with Gasteiger partial charge in [-0.2, -0.15) is 4.98 Å². The van der Waals surface area contributed by atoms with Crippen LogP contribution in [0, 0.1) is 0 Å². The number of carbonyl (C=O) groups excluding carboxylic acids is 1. The second kappa shape index (κ2) is 9.09. The molecule has 0 bridgehead atoms. The van der Waals surface area contributed by atoms with Crippen LogP contribution in [-0.2, 0) is 9.59 Å². The molecule has 0 saturated carbocycles. The number of carboxylic acid groups (broad SMARTS) is 1. The Labute approximate surface area is 154 Å².